The summed E-state index contributed by atoms with van der Waals surface area (Å²) >= 11 is 0. The van der Waals surface area contributed by atoms with Gasteiger partial charge in [-0.1, -0.05) is 27.7 Å². The third-order valence-electron chi connectivity index (χ3n) is 7.68. The van der Waals surface area contributed by atoms with E-state index in [0.29, 0.717) is 41.8 Å². The Balaban J connectivity index is 1.48. The lowest BCUT2D eigenvalue weighted by molar-refractivity contribution is -0.140. The van der Waals surface area contributed by atoms with Gasteiger partial charge in [0.25, 0.3) is 11.8 Å². The van der Waals surface area contributed by atoms with Crippen LogP contribution in [0, 0.1) is 11.8 Å². The zero-order chi connectivity index (χ0) is 32.1. The van der Waals surface area contributed by atoms with Gasteiger partial charge in [-0.15, -0.1) is 0 Å². The van der Waals surface area contributed by atoms with E-state index in [1.807, 2.05) is 13.8 Å². The molecule has 1 saturated heterocycles. The fraction of sp³-hybridized carbons (Fsp3) is 0.438. The molecule has 3 aromatic rings. The van der Waals surface area contributed by atoms with Crippen molar-refractivity contribution in [1.82, 2.24) is 20.5 Å². The average Bonchev–Trinajstić information content (AvgIpc) is 3.68. The number of fused-ring (bicyclic) bond motifs is 1. The number of benzene rings is 2. The number of esters is 1. The first-order chi connectivity index (χ1) is 20.9. The van der Waals surface area contributed by atoms with Crippen molar-refractivity contribution in [3.63, 3.8) is 0 Å². The first-order valence-corrected chi connectivity index (χ1v) is 14.5. The van der Waals surface area contributed by atoms with Crippen LogP contribution in [0.3, 0.4) is 0 Å². The van der Waals surface area contributed by atoms with Crippen LogP contribution in [0.25, 0.3) is 11.1 Å². The Hall–Kier alpha value is -4.74. The molecule has 3 atom stereocenters. The molecule has 3 amide bonds. The standard InChI is InChI=1S/C32H38N4O8/c1-17(2)25(27(37)30-33-22-16-20(32(41)43-6)11-14-24(22)44-30)34-29(39)23-8-7-15-36(23)31(40)26(18(3)4)35-28(38)19-9-12-21(42-5)13-10-19/h9-14,16-18,23,25-26H,7-8,15H2,1-6H3,(H,34,39)(H,35,38)/t23-,25-,26-/m0/s1. The minimum atomic E-state index is -0.983. The predicted molar refractivity (Wildman–Crippen MR) is 160 cm³/mol. The Labute approximate surface area is 255 Å². The summed E-state index contributed by atoms with van der Waals surface area (Å²) in [6.07, 6.45) is 1.00. The maximum atomic E-state index is 13.7. The molecule has 1 fully saturated rings. The molecule has 234 valence electrons. The molecule has 1 aliphatic rings. The zero-order valence-corrected chi connectivity index (χ0v) is 25.7. The highest BCUT2D eigenvalue weighted by molar-refractivity contribution is 6.02. The van der Waals surface area contributed by atoms with Crippen molar-refractivity contribution < 1.29 is 37.9 Å². The second-order valence-corrected chi connectivity index (χ2v) is 11.4. The van der Waals surface area contributed by atoms with Gasteiger partial charge in [-0.05, 0) is 67.1 Å². The van der Waals surface area contributed by atoms with Gasteiger partial charge in [0.2, 0.25) is 17.6 Å². The number of hydrogen-bond acceptors (Lipinski definition) is 9. The number of oxazole rings is 1. The summed E-state index contributed by atoms with van der Waals surface area (Å²) in [5.41, 5.74) is 1.23. The first kappa shape index (κ1) is 32.2. The molecule has 0 saturated carbocycles. The molecule has 0 bridgehead atoms. The van der Waals surface area contributed by atoms with E-state index in [1.165, 1.54) is 37.3 Å². The number of aromatic nitrogens is 1. The van der Waals surface area contributed by atoms with Gasteiger partial charge >= 0.3 is 5.97 Å². The van der Waals surface area contributed by atoms with Crippen molar-refractivity contribution in [2.45, 2.75) is 58.7 Å². The van der Waals surface area contributed by atoms with Crippen molar-refractivity contribution in [2.75, 3.05) is 20.8 Å². The molecular weight excluding hydrogens is 568 g/mol. The summed E-state index contributed by atoms with van der Waals surface area (Å²) in [5.74, 6) is -2.53. The van der Waals surface area contributed by atoms with Gasteiger partial charge in [-0.25, -0.2) is 9.78 Å². The van der Waals surface area contributed by atoms with Crippen LogP contribution >= 0.6 is 0 Å². The number of carbonyl (C=O) groups excluding carboxylic acids is 5. The lowest BCUT2D eigenvalue weighted by Gasteiger charge is -2.31. The van der Waals surface area contributed by atoms with Crippen molar-refractivity contribution in [2.24, 2.45) is 11.8 Å². The summed E-state index contributed by atoms with van der Waals surface area (Å²) in [6, 6.07) is 8.37. The van der Waals surface area contributed by atoms with E-state index < -0.39 is 41.7 Å². The molecule has 0 unspecified atom stereocenters. The topological polar surface area (TPSA) is 157 Å². The second-order valence-electron chi connectivity index (χ2n) is 11.4. The quantitative estimate of drug-likeness (QED) is 0.247. The molecular formula is C32H38N4O8. The normalized spacial score (nSPS) is 16.1. The van der Waals surface area contributed by atoms with E-state index in [-0.39, 0.29) is 29.2 Å². The lowest BCUT2D eigenvalue weighted by Crippen LogP contribution is -2.57. The Morgan fingerprint density at radius 2 is 1.57 bits per heavy atom. The number of rotatable bonds is 11. The number of methoxy groups -OCH3 is 2. The molecule has 12 heteroatoms. The van der Waals surface area contributed by atoms with E-state index in [9.17, 15) is 24.0 Å². The number of carbonyl (C=O) groups is 5. The summed E-state index contributed by atoms with van der Waals surface area (Å²) in [4.78, 5) is 71.4. The summed E-state index contributed by atoms with van der Waals surface area (Å²) in [7, 11) is 2.80. The van der Waals surface area contributed by atoms with E-state index in [1.54, 1.807) is 38.1 Å². The van der Waals surface area contributed by atoms with Crippen molar-refractivity contribution >= 4 is 40.6 Å². The molecule has 44 heavy (non-hydrogen) atoms. The number of likely N-dealkylation sites (tertiary alicyclic amines) is 1. The van der Waals surface area contributed by atoms with E-state index >= 15 is 0 Å². The monoisotopic (exact) mass is 606 g/mol. The second kappa shape index (κ2) is 13.7. The summed E-state index contributed by atoms with van der Waals surface area (Å²) in [6.45, 7) is 7.55. The smallest absolute Gasteiger partial charge is 0.337 e. The number of Topliss-reactive ketones (excluding diaryl/α,β-unsaturated/α-hetero) is 1. The molecule has 0 radical (unpaired) electrons. The Bertz CT molecular complexity index is 1550. The van der Waals surface area contributed by atoms with Gasteiger partial charge in [-0.2, -0.15) is 0 Å². The molecule has 2 N–H and O–H groups in total. The Morgan fingerprint density at radius 3 is 2.18 bits per heavy atom. The largest absolute Gasteiger partial charge is 0.497 e. The molecule has 2 aromatic carbocycles. The third kappa shape index (κ3) is 6.90. The zero-order valence-electron chi connectivity index (χ0n) is 25.7. The Kier molecular flexibility index (Phi) is 10.0. The van der Waals surface area contributed by atoms with Crippen LogP contribution < -0.4 is 15.4 Å². The summed E-state index contributed by atoms with van der Waals surface area (Å²) < 4.78 is 15.5. The number of amides is 3. The van der Waals surface area contributed by atoms with E-state index in [0.717, 1.165) is 0 Å². The number of ether oxygens (including phenoxy) is 2. The molecule has 1 aromatic heterocycles. The number of nitrogens with zero attached hydrogens (tertiary/aromatic N) is 2. The summed E-state index contributed by atoms with van der Waals surface area (Å²) in [5, 5.41) is 5.64. The lowest BCUT2D eigenvalue weighted by atomic mass is 9.98. The van der Waals surface area contributed by atoms with Crippen LogP contribution in [-0.2, 0) is 14.3 Å². The van der Waals surface area contributed by atoms with Crippen LogP contribution in [-0.4, -0.2) is 78.2 Å². The average molecular weight is 607 g/mol. The van der Waals surface area contributed by atoms with Gasteiger partial charge in [-0.3, -0.25) is 19.2 Å². The molecule has 1 aliphatic heterocycles. The predicted octanol–water partition coefficient (Wildman–Crippen LogP) is 3.39. The van der Waals surface area contributed by atoms with Gasteiger partial charge in [0.15, 0.2) is 5.58 Å². The maximum absolute atomic E-state index is 13.7. The molecule has 2 heterocycles. The maximum Gasteiger partial charge on any atom is 0.337 e. The van der Waals surface area contributed by atoms with Gasteiger partial charge in [0.05, 0.1) is 25.8 Å². The van der Waals surface area contributed by atoms with Gasteiger partial charge in [0, 0.05) is 12.1 Å². The van der Waals surface area contributed by atoms with Crippen molar-refractivity contribution in [1.29, 1.82) is 0 Å². The molecule has 0 spiro atoms. The van der Waals surface area contributed by atoms with Crippen LogP contribution in [0.1, 0.15) is 71.9 Å². The van der Waals surface area contributed by atoms with Crippen LogP contribution in [0.5, 0.6) is 5.75 Å². The minimum Gasteiger partial charge on any atom is -0.497 e. The van der Waals surface area contributed by atoms with Crippen LogP contribution in [0.2, 0.25) is 0 Å². The van der Waals surface area contributed by atoms with Gasteiger partial charge in [0.1, 0.15) is 23.3 Å². The fourth-order valence-corrected chi connectivity index (χ4v) is 5.16. The van der Waals surface area contributed by atoms with Crippen molar-refractivity contribution in [3.05, 3.63) is 59.5 Å². The fourth-order valence-electron chi connectivity index (χ4n) is 5.16. The first-order valence-electron chi connectivity index (χ1n) is 14.5. The molecule has 12 nitrogen and oxygen atoms in total. The highest BCUT2D eigenvalue weighted by Crippen LogP contribution is 2.23. The number of ketones is 1. The Morgan fingerprint density at radius 1 is 0.909 bits per heavy atom. The van der Waals surface area contributed by atoms with Crippen molar-refractivity contribution in [3.8, 4) is 5.75 Å². The number of nitrogens with one attached hydrogen (secondary N) is 2. The van der Waals surface area contributed by atoms with Gasteiger partial charge < -0.3 is 29.4 Å². The van der Waals surface area contributed by atoms with E-state index in [2.05, 4.69) is 15.6 Å². The minimum absolute atomic E-state index is 0.207. The highest BCUT2D eigenvalue weighted by atomic mass is 16.5. The molecule has 0 aliphatic carbocycles. The van der Waals surface area contributed by atoms with Crippen LogP contribution in [0.4, 0.5) is 0 Å². The van der Waals surface area contributed by atoms with E-state index in [4.69, 9.17) is 13.9 Å². The number of hydrogen-bond donors (Lipinski definition) is 2. The van der Waals surface area contributed by atoms with Crippen LogP contribution in [0.15, 0.2) is 46.9 Å². The highest BCUT2D eigenvalue weighted by Gasteiger charge is 2.40. The molecule has 4 rings (SSSR count). The third-order valence-corrected chi connectivity index (χ3v) is 7.68. The SMILES string of the molecule is COC(=O)c1ccc2oc(C(=O)[C@@H](NC(=O)[C@@H]3CCCN3C(=O)[C@@H](NC(=O)c3ccc(OC)cc3)C(C)C)C(C)C)nc2c1.